The van der Waals surface area contributed by atoms with Crippen LogP contribution in [0.3, 0.4) is 0 Å². The second-order valence-electron chi connectivity index (χ2n) is 5.70. The fraction of sp³-hybridized carbons (Fsp3) is 0.150. The van der Waals surface area contributed by atoms with Crippen LogP contribution in [0, 0.1) is 19.3 Å². The number of anilines is 2. The second kappa shape index (κ2) is 5.64. The summed E-state index contributed by atoms with van der Waals surface area (Å²) in [4.78, 5) is 5.99. The van der Waals surface area contributed by atoms with E-state index in [2.05, 4.69) is 35.3 Å². The topological polar surface area (TPSA) is 24.9 Å². The third kappa shape index (κ3) is 2.46. The summed E-state index contributed by atoms with van der Waals surface area (Å²) in [5.41, 5.74) is 6.65. The Morgan fingerprint density at radius 2 is 2.17 bits per heavy atom. The van der Waals surface area contributed by atoms with Gasteiger partial charge < -0.3 is 5.32 Å². The predicted molar refractivity (Wildman–Crippen MR) is 98.6 cm³/mol. The molecular formula is C20H16N2S. The molecule has 2 heterocycles. The molecule has 0 unspecified atom stereocenters. The highest BCUT2D eigenvalue weighted by Gasteiger charge is 2.18. The number of hydrogen-bond donors (Lipinski definition) is 1. The van der Waals surface area contributed by atoms with Crippen molar-refractivity contribution in [2.75, 3.05) is 11.1 Å². The quantitative estimate of drug-likeness (QED) is 0.680. The van der Waals surface area contributed by atoms with Crippen molar-refractivity contribution in [2.24, 2.45) is 0 Å². The van der Waals surface area contributed by atoms with Gasteiger partial charge in [0.1, 0.15) is 0 Å². The maximum absolute atomic E-state index is 5.52. The van der Waals surface area contributed by atoms with Crippen molar-refractivity contribution >= 4 is 34.0 Å². The van der Waals surface area contributed by atoms with Gasteiger partial charge in [0.05, 0.1) is 11.2 Å². The lowest BCUT2D eigenvalue weighted by atomic mass is 10.0. The number of benzene rings is 2. The first-order valence-corrected chi connectivity index (χ1v) is 8.62. The van der Waals surface area contributed by atoms with Crippen LogP contribution in [0.1, 0.15) is 16.7 Å². The van der Waals surface area contributed by atoms with E-state index in [1.54, 1.807) is 0 Å². The van der Waals surface area contributed by atoms with Crippen LogP contribution in [-0.4, -0.2) is 10.7 Å². The van der Waals surface area contributed by atoms with E-state index in [9.17, 15) is 0 Å². The number of thioether (sulfide) groups is 1. The molecule has 2 aromatic carbocycles. The summed E-state index contributed by atoms with van der Waals surface area (Å²) in [5.74, 6) is 3.84. The molecule has 1 aromatic heterocycles. The zero-order valence-electron chi connectivity index (χ0n) is 12.9. The number of fused-ring (bicyclic) bond motifs is 3. The first-order chi connectivity index (χ1) is 11.3. The molecule has 1 N–H and O–H groups in total. The van der Waals surface area contributed by atoms with Gasteiger partial charge in [-0.3, -0.25) is 4.98 Å². The predicted octanol–water partition coefficient (Wildman–Crippen LogP) is 4.92. The molecule has 0 saturated heterocycles. The molecule has 112 valence electrons. The lowest BCUT2D eigenvalue weighted by Gasteiger charge is -2.15. The first-order valence-electron chi connectivity index (χ1n) is 7.64. The van der Waals surface area contributed by atoms with Gasteiger partial charge in [-0.25, -0.2) is 0 Å². The normalized spacial score (nSPS) is 12.9. The highest BCUT2D eigenvalue weighted by molar-refractivity contribution is 7.99. The Labute approximate surface area is 140 Å². The van der Waals surface area contributed by atoms with Gasteiger partial charge in [-0.15, -0.1) is 18.2 Å². The summed E-state index contributed by atoms with van der Waals surface area (Å²) >= 11 is 1.93. The second-order valence-corrected chi connectivity index (χ2v) is 6.84. The molecule has 1 aliphatic rings. The molecule has 0 spiro atoms. The average Bonchev–Trinajstić information content (AvgIpc) is 3.06. The van der Waals surface area contributed by atoms with Gasteiger partial charge in [-0.05, 0) is 54.8 Å². The van der Waals surface area contributed by atoms with E-state index >= 15 is 0 Å². The standard InChI is InChI=1S/C20H16N2S/c1-3-14-5-4-6-15(11-14)22-20-13(2)12-21-17-7-8-18-16(19(17)20)9-10-23-18/h1,4-8,11-12H,9-10H2,2H3,(H,21,22). The van der Waals surface area contributed by atoms with Gasteiger partial charge in [0.15, 0.2) is 0 Å². The fourth-order valence-corrected chi connectivity index (χ4v) is 4.14. The molecular weight excluding hydrogens is 300 g/mol. The summed E-state index contributed by atoms with van der Waals surface area (Å²) in [7, 11) is 0. The molecule has 0 radical (unpaired) electrons. The van der Waals surface area contributed by atoms with Crippen LogP contribution in [0.2, 0.25) is 0 Å². The van der Waals surface area contributed by atoms with Crippen molar-refractivity contribution < 1.29 is 0 Å². The van der Waals surface area contributed by atoms with E-state index in [4.69, 9.17) is 6.42 Å². The number of rotatable bonds is 2. The maximum Gasteiger partial charge on any atom is 0.0726 e. The molecule has 23 heavy (non-hydrogen) atoms. The number of aromatic nitrogens is 1. The Kier molecular flexibility index (Phi) is 3.48. The van der Waals surface area contributed by atoms with Gasteiger partial charge in [-0.2, -0.15) is 0 Å². The number of pyridine rings is 1. The van der Waals surface area contributed by atoms with Crippen LogP contribution in [-0.2, 0) is 6.42 Å². The number of hydrogen-bond acceptors (Lipinski definition) is 3. The molecule has 0 amide bonds. The zero-order valence-corrected chi connectivity index (χ0v) is 13.7. The lowest BCUT2D eigenvalue weighted by Crippen LogP contribution is -1.99. The Hall–Kier alpha value is -2.44. The van der Waals surface area contributed by atoms with E-state index in [1.165, 1.54) is 15.8 Å². The molecule has 3 aromatic rings. The molecule has 0 aliphatic carbocycles. The van der Waals surface area contributed by atoms with Crippen LogP contribution in [0.15, 0.2) is 47.5 Å². The molecule has 2 nitrogen and oxygen atoms in total. The molecule has 4 rings (SSSR count). The highest BCUT2D eigenvalue weighted by Crippen LogP contribution is 2.40. The summed E-state index contributed by atoms with van der Waals surface area (Å²) < 4.78 is 0. The lowest BCUT2D eigenvalue weighted by molar-refractivity contribution is 1.16. The summed E-state index contributed by atoms with van der Waals surface area (Å²) in [6.07, 6.45) is 8.55. The van der Waals surface area contributed by atoms with Crippen molar-refractivity contribution in [2.45, 2.75) is 18.2 Å². The third-order valence-corrected chi connectivity index (χ3v) is 5.30. The van der Waals surface area contributed by atoms with Crippen LogP contribution >= 0.6 is 11.8 Å². The third-order valence-electron chi connectivity index (χ3n) is 4.20. The van der Waals surface area contributed by atoms with Gasteiger partial charge in [0, 0.05) is 33.5 Å². The Balaban J connectivity index is 1.90. The molecule has 0 fully saturated rings. The first kappa shape index (κ1) is 14.2. The monoisotopic (exact) mass is 316 g/mol. The Morgan fingerprint density at radius 1 is 1.26 bits per heavy atom. The Morgan fingerprint density at radius 3 is 3.04 bits per heavy atom. The zero-order chi connectivity index (χ0) is 15.8. The summed E-state index contributed by atoms with van der Waals surface area (Å²) in [5, 5.41) is 4.82. The van der Waals surface area contributed by atoms with Crippen molar-refractivity contribution in [3.63, 3.8) is 0 Å². The SMILES string of the molecule is C#Cc1cccc(Nc2c(C)cnc3ccc4c(c23)CCS4)c1. The van der Waals surface area contributed by atoms with E-state index in [-0.39, 0.29) is 0 Å². The van der Waals surface area contributed by atoms with Gasteiger partial charge in [-0.1, -0.05) is 12.0 Å². The van der Waals surface area contributed by atoms with Gasteiger partial charge in [0.2, 0.25) is 0 Å². The fourth-order valence-electron chi connectivity index (χ4n) is 3.07. The van der Waals surface area contributed by atoms with E-state index < -0.39 is 0 Å². The van der Waals surface area contributed by atoms with Crippen LogP contribution in [0.25, 0.3) is 10.9 Å². The summed E-state index contributed by atoms with van der Waals surface area (Å²) in [6, 6.07) is 12.3. The molecule has 1 aliphatic heterocycles. The van der Waals surface area contributed by atoms with E-state index in [0.717, 1.165) is 40.2 Å². The van der Waals surface area contributed by atoms with Crippen molar-refractivity contribution in [1.29, 1.82) is 0 Å². The van der Waals surface area contributed by atoms with Crippen molar-refractivity contribution in [1.82, 2.24) is 4.98 Å². The van der Waals surface area contributed by atoms with E-state index in [1.807, 2.05) is 42.2 Å². The van der Waals surface area contributed by atoms with Gasteiger partial charge in [0.25, 0.3) is 0 Å². The van der Waals surface area contributed by atoms with Gasteiger partial charge >= 0.3 is 0 Å². The largest absolute Gasteiger partial charge is 0.355 e. The molecule has 0 bridgehead atoms. The number of nitrogens with zero attached hydrogens (tertiary/aromatic N) is 1. The van der Waals surface area contributed by atoms with Crippen LogP contribution < -0.4 is 5.32 Å². The number of terminal acetylenes is 1. The minimum absolute atomic E-state index is 0.881. The minimum Gasteiger partial charge on any atom is -0.355 e. The van der Waals surface area contributed by atoms with E-state index in [0.29, 0.717) is 0 Å². The average molecular weight is 316 g/mol. The Bertz CT molecular complexity index is 954. The van der Waals surface area contributed by atoms with Crippen LogP contribution in [0.4, 0.5) is 11.4 Å². The minimum atomic E-state index is 0.881. The van der Waals surface area contributed by atoms with Crippen molar-refractivity contribution in [3.8, 4) is 12.3 Å². The molecule has 0 saturated carbocycles. The number of aryl methyl sites for hydroxylation is 2. The number of nitrogens with one attached hydrogen (secondary N) is 1. The maximum atomic E-state index is 5.52. The highest BCUT2D eigenvalue weighted by atomic mass is 32.2. The van der Waals surface area contributed by atoms with Crippen LogP contribution in [0.5, 0.6) is 0 Å². The smallest absolute Gasteiger partial charge is 0.0726 e. The summed E-state index contributed by atoms with van der Waals surface area (Å²) in [6.45, 7) is 2.10. The molecule has 3 heteroatoms. The molecule has 0 atom stereocenters. The van der Waals surface area contributed by atoms with Crippen molar-refractivity contribution in [3.05, 3.63) is 59.3 Å².